The highest BCUT2D eigenvalue weighted by atomic mass is 127. The first-order valence-electron chi connectivity index (χ1n) is 6.24. The fourth-order valence-corrected chi connectivity index (χ4v) is 2.59. The van der Waals surface area contributed by atoms with Gasteiger partial charge in [-0.25, -0.2) is 0 Å². The zero-order valence-electron chi connectivity index (χ0n) is 11.0. The summed E-state index contributed by atoms with van der Waals surface area (Å²) in [4.78, 5) is 35.8. The average molecular weight is 403 g/mol. The number of aliphatic carboxylic acids is 1. The second kappa shape index (κ2) is 6.85. The number of halogens is 1. The number of piperazine rings is 1. The summed E-state index contributed by atoms with van der Waals surface area (Å²) in [6.07, 6.45) is 0. The maximum absolute atomic E-state index is 12.0. The molecule has 1 unspecified atom stereocenters. The Labute approximate surface area is 134 Å². The molecule has 21 heavy (non-hydrogen) atoms. The van der Waals surface area contributed by atoms with Gasteiger partial charge in [-0.15, -0.1) is 0 Å². The van der Waals surface area contributed by atoms with Crippen LogP contribution in [0.15, 0.2) is 24.3 Å². The van der Waals surface area contributed by atoms with E-state index >= 15 is 0 Å². The van der Waals surface area contributed by atoms with Crippen molar-refractivity contribution in [3.63, 3.8) is 0 Å². The predicted octanol–water partition coefficient (Wildman–Crippen LogP) is 0.115. The molecule has 1 aliphatic rings. The van der Waals surface area contributed by atoms with E-state index in [0.717, 1.165) is 3.57 Å². The molecule has 112 valence electrons. The van der Waals surface area contributed by atoms with Crippen LogP contribution in [0.5, 0.6) is 0 Å². The Bertz CT molecular complexity index is 578. The number of hydrogen-bond acceptors (Lipinski definition) is 4. The third-order valence-corrected chi connectivity index (χ3v) is 3.69. The maximum atomic E-state index is 12.0. The van der Waals surface area contributed by atoms with Gasteiger partial charge in [0.05, 0.1) is 13.1 Å². The van der Waals surface area contributed by atoms with Gasteiger partial charge < -0.3 is 15.7 Å². The van der Waals surface area contributed by atoms with Crippen LogP contribution < -0.4 is 10.6 Å². The summed E-state index contributed by atoms with van der Waals surface area (Å²) in [5, 5.41) is 14.3. The van der Waals surface area contributed by atoms with Crippen LogP contribution in [0.1, 0.15) is 0 Å². The number of rotatable bonds is 4. The van der Waals surface area contributed by atoms with Crippen LogP contribution in [0.2, 0.25) is 0 Å². The van der Waals surface area contributed by atoms with Gasteiger partial charge in [-0.2, -0.15) is 0 Å². The van der Waals surface area contributed by atoms with E-state index in [0.29, 0.717) is 5.69 Å². The van der Waals surface area contributed by atoms with E-state index in [4.69, 9.17) is 5.11 Å². The quantitative estimate of drug-likeness (QED) is 0.621. The summed E-state index contributed by atoms with van der Waals surface area (Å²) < 4.78 is 0.978. The van der Waals surface area contributed by atoms with Crippen molar-refractivity contribution in [2.45, 2.75) is 6.04 Å². The molecule has 1 aromatic carbocycles. The molecular weight excluding hydrogens is 389 g/mol. The predicted molar refractivity (Wildman–Crippen MR) is 83.8 cm³/mol. The number of carboxylic acids is 1. The number of carbonyl (C=O) groups excluding carboxylic acids is 2. The Morgan fingerprint density at radius 3 is 2.90 bits per heavy atom. The first-order chi connectivity index (χ1) is 9.95. The summed E-state index contributed by atoms with van der Waals surface area (Å²) in [7, 11) is 0. The van der Waals surface area contributed by atoms with Crippen molar-refractivity contribution >= 4 is 46.1 Å². The van der Waals surface area contributed by atoms with Gasteiger partial charge in [-0.1, -0.05) is 6.07 Å². The van der Waals surface area contributed by atoms with Crippen LogP contribution in [-0.2, 0) is 14.4 Å². The minimum absolute atomic E-state index is 0.00465. The molecule has 2 amide bonds. The number of carbonyl (C=O) groups is 3. The molecule has 1 aromatic rings. The van der Waals surface area contributed by atoms with Gasteiger partial charge in [-0.05, 0) is 40.8 Å². The van der Waals surface area contributed by atoms with E-state index in [1.165, 1.54) is 4.90 Å². The lowest BCUT2D eigenvalue weighted by atomic mass is 10.2. The molecule has 2 rings (SSSR count). The summed E-state index contributed by atoms with van der Waals surface area (Å²) in [6, 6.07) is 6.37. The Kier molecular flexibility index (Phi) is 5.12. The molecule has 0 saturated carbocycles. The zero-order valence-corrected chi connectivity index (χ0v) is 13.2. The molecule has 1 atom stereocenters. The first-order valence-corrected chi connectivity index (χ1v) is 7.32. The van der Waals surface area contributed by atoms with Crippen molar-refractivity contribution in [1.82, 2.24) is 10.2 Å². The van der Waals surface area contributed by atoms with Gasteiger partial charge in [0.2, 0.25) is 11.8 Å². The molecule has 1 heterocycles. The molecule has 3 N–H and O–H groups in total. The number of benzene rings is 1. The Morgan fingerprint density at radius 1 is 1.48 bits per heavy atom. The molecule has 0 aromatic heterocycles. The number of hydrogen-bond donors (Lipinski definition) is 3. The third-order valence-electron chi connectivity index (χ3n) is 3.02. The number of amides is 2. The van der Waals surface area contributed by atoms with Crippen molar-refractivity contribution in [3.8, 4) is 0 Å². The number of nitrogens with one attached hydrogen (secondary N) is 2. The first kappa shape index (κ1) is 15.7. The monoisotopic (exact) mass is 403 g/mol. The van der Waals surface area contributed by atoms with Crippen LogP contribution in [0.3, 0.4) is 0 Å². The zero-order chi connectivity index (χ0) is 15.4. The summed E-state index contributed by atoms with van der Waals surface area (Å²) >= 11 is 2.13. The third kappa shape index (κ3) is 4.39. The fraction of sp³-hybridized carbons (Fsp3) is 0.308. The van der Waals surface area contributed by atoms with Crippen LogP contribution in [0.25, 0.3) is 0 Å². The molecule has 7 nitrogen and oxygen atoms in total. The van der Waals surface area contributed by atoms with E-state index < -0.39 is 12.0 Å². The average Bonchev–Trinajstić information content (AvgIpc) is 2.38. The molecular formula is C13H14IN3O4. The SMILES string of the molecule is O=C1CN(CC(=O)Nc2cccc(I)c2)C(C(=O)O)CN1. The van der Waals surface area contributed by atoms with Crippen molar-refractivity contribution in [1.29, 1.82) is 0 Å². The van der Waals surface area contributed by atoms with Crippen LogP contribution in [0, 0.1) is 3.57 Å². The fourth-order valence-electron chi connectivity index (χ4n) is 2.05. The van der Waals surface area contributed by atoms with Gasteiger partial charge in [0, 0.05) is 15.8 Å². The summed E-state index contributed by atoms with van der Waals surface area (Å²) in [6.45, 7) is -0.239. The lowest BCUT2D eigenvalue weighted by molar-refractivity contribution is -0.146. The van der Waals surface area contributed by atoms with E-state index in [1.807, 2.05) is 12.1 Å². The molecule has 0 radical (unpaired) electrons. The largest absolute Gasteiger partial charge is 0.480 e. The van der Waals surface area contributed by atoms with Crippen molar-refractivity contribution in [2.75, 3.05) is 25.0 Å². The summed E-state index contributed by atoms with van der Waals surface area (Å²) in [5.74, 6) is -1.69. The van der Waals surface area contributed by atoms with Gasteiger partial charge in [0.15, 0.2) is 0 Å². The highest BCUT2D eigenvalue weighted by Crippen LogP contribution is 2.12. The number of anilines is 1. The van der Waals surface area contributed by atoms with Crippen LogP contribution in [-0.4, -0.2) is 53.5 Å². The van der Waals surface area contributed by atoms with Crippen molar-refractivity contribution in [3.05, 3.63) is 27.8 Å². The Balaban J connectivity index is 1.99. The standard InChI is InChI=1S/C13H14IN3O4/c14-8-2-1-3-9(4-8)16-12(19)7-17-6-11(18)15-5-10(17)13(20)21/h1-4,10H,5-7H2,(H,15,18)(H,16,19)(H,20,21). The molecule has 8 heteroatoms. The summed E-state index contributed by atoms with van der Waals surface area (Å²) in [5.41, 5.74) is 0.639. The minimum atomic E-state index is -1.06. The van der Waals surface area contributed by atoms with Crippen LogP contribution in [0.4, 0.5) is 5.69 Å². The van der Waals surface area contributed by atoms with Gasteiger partial charge in [0.25, 0.3) is 0 Å². The van der Waals surface area contributed by atoms with Gasteiger partial charge in [0.1, 0.15) is 6.04 Å². The van der Waals surface area contributed by atoms with Gasteiger partial charge in [-0.3, -0.25) is 19.3 Å². The van der Waals surface area contributed by atoms with E-state index in [9.17, 15) is 14.4 Å². The second-order valence-corrected chi connectivity index (χ2v) is 5.87. The number of carboxylic acid groups (broad SMARTS) is 1. The highest BCUT2D eigenvalue weighted by molar-refractivity contribution is 14.1. The van der Waals surface area contributed by atoms with Crippen LogP contribution >= 0.6 is 22.6 Å². The van der Waals surface area contributed by atoms with E-state index in [2.05, 4.69) is 33.2 Å². The normalized spacial score (nSPS) is 18.9. The van der Waals surface area contributed by atoms with E-state index in [-0.39, 0.29) is 31.4 Å². The number of nitrogens with zero attached hydrogens (tertiary/aromatic N) is 1. The minimum Gasteiger partial charge on any atom is -0.480 e. The molecule has 1 aliphatic heterocycles. The molecule has 0 bridgehead atoms. The van der Waals surface area contributed by atoms with Crippen molar-refractivity contribution < 1.29 is 19.5 Å². The molecule has 0 spiro atoms. The lowest BCUT2D eigenvalue weighted by Crippen LogP contribution is -2.58. The lowest BCUT2D eigenvalue weighted by Gasteiger charge is -2.31. The Morgan fingerprint density at radius 2 is 2.24 bits per heavy atom. The maximum Gasteiger partial charge on any atom is 0.322 e. The molecule has 1 saturated heterocycles. The molecule has 1 fully saturated rings. The second-order valence-electron chi connectivity index (χ2n) is 4.62. The topological polar surface area (TPSA) is 98.7 Å². The smallest absolute Gasteiger partial charge is 0.322 e. The van der Waals surface area contributed by atoms with Crippen molar-refractivity contribution in [2.24, 2.45) is 0 Å². The highest BCUT2D eigenvalue weighted by Gasteiger charge is 2.32. The van der Waals surface area contributed by atoms with Gasteiger partial charge >= 0.3 is 5.97 Å². The molecule has 0 aliphatic carbocycles. The van der Waals surface area contributed by atoms with E-state index in [1.54, 1.807) is 12.1 Å². The Hall–Kier alpha value is -1.68.